The summed E-state index contributed by atoms with van der Waals surface area (Å²) in [4.78, 5) is 12.3. The van der Waals surface area contributed by atoms with Crippen molar-refractivity contribution in [1.29, 1.82) is 0 Å². The SMILES string of the molecule is CC(C)[C@]12O[C@H]1[C@@H]1O[C@]13[C@]1(O[C@H]1C[C@H]1C4=C(CC[C@@]13C)C(=O)OC4)[C@]2(O)CNc1ccccc1O. The molecule has 9 atom stereocenters. The number of carbonyl (C=O) groups is 1. The summed E-state index contributed by atoms with van der Waals surface area (Å²) in [6.07, 6.45) is 1.60. The highest BCUT2D eigenvalue weighted by Crippen LogP contribution is 2.85. The number of benzene rings is 1. The number of esters is 1. The number of phenols is 1. The number of para-hydroxylation sites is 2. The van der Waals surface area contributed by atoms with Crippen molar-refractivity contribution in [1.82, 2.24) is 0 Å². The van der Waals surface area contributed by atoms with Crippen molar-refractivity contribution in [3.63, 3.8) is 0 Å². The van der Waals surface area contributed by atoms with Crippen LogP contribution in [0, 0.1) is 17.3 Å². The largest absolute Gasteiger partial charge is 0.506 e. The van der Waals surface area contributed by atoms with Crippen LogP contribution < -0.4 is 5.32 Å². The van der Waals surface area contributed by atoms with Crippen molar-refractivity contribution in [2.45, 2.75) is 80.7 Å². The van der Waals surface area contributed by atoms with Crippen molar-refractivity contribution in [2.75, 3.05) is 18.5 Å². The highest BCUT2D eigenvalue weighted by molar-refractivity contribution is 5.92. The van der Waals surface area contributed by atoms with E-state index in [0.29, 0.717) is 18.7 Å². The fraction of sp³-hybridized carbons (Fsp3) is 0.667. The second-order valence-corrected chi connectivity index (χ2v) is 12.1. The minimum Gasteiger partial charge on any atom is -0.506 e. The number of hydrogen-bond acceptors (Lipinski definition) is 8. The fourth-order valence-corrected chi connectivity index (χ4v) is 9.20. The number of carbonyl (C=O) groups excluding carboxylic acids is 1. The minimum atomic E-state index is -1.37. The second-order valence-electron chi connectivity index (χ2n) is 12.1. The van der Waals surface area contributed by atoms with Gasteiger partial charge in [0.05, 0.1) is 11.8 Å². The molecule has 2 spiro atoms. The molecular weight excluding hydrogens is 450 g/mol. The van der Waals surface area contributed by atoms with Crippen LogP contribution in [0.2, 0.25) is 0 Å². The molecule has 4 heterocycles. The van der Waals surface area contributed by atoms with Crippen LogP contribution in [-0.4, -0.2) is 70.1 Å². The number of anilines is 1. The summed E-state index contributed by atoms with van der Waals surface area (Å²) in [5.74, 6) is 0.104. The Balaban J connectivity index is 1.25. The van der Waals surface area contributed by atoms with Gasteiger partial charge in [-0.1, -0.05) is 32.9 Å². The molecule has 3 N–H and O–H groups in total. The van der Waals surface area contributed by atoms with E-state index in [1.807, 2.05) is 6.07 Å². The molecule has 0 amide bonds. The number of ether oxygens (including phenoxy) is 4. The van der Waals surface area contributed by atoms with Crippen LogP contribution in [0.3, 0.4) is 0 Å². The molecule has 0 bridgehead atoms. The third-order valence-electron chi connectivity index (χ3n) is 10.8. The summed E-state index contributed by atoms with van der Waals surface area (Å²) < 4.78 is 25.3. The Labute approximate surface area is 203 Å². The molecule has 3 aliphatic carbocycles. The first-order valence-electron chi connectivity index (χ1n) is 12.8. The molecule has 8 heteroatoms. The van der Waals surface area contributed by atoms with Crippen molar-refractivity contribution in [3.8, 4) is 5.75 Å². The van der Waals surface area contributed by atoms with Gasteiger partial charge >= 0.3 is 5.97 Å². The van der Waals surface area contributed by atoms with Gasteiger partial charge < -0.3 is 34.5 Å². The standard InChI is InChI=1S/C27H31NO7/c1-13(2)25-20(34-25)21-27(35-21)23(3)9-8-14-15(11-32-22(14)30)16(23)10-19-26(27,33-19)24(25,31)12-28-17-6-4-5-7-18(17)29/h4-7,13,16,19-21,28-29,31H,8-12H2,1-3H3/t16-,19-,20-,21-,23-,24-,25-,26+,27+/m0/s1. The van der Waals surface area contributed by atoms with Crippen molar-refractivity contribution in [2.24, 2.45) is 17.3 Å². The van der Waals surface area contributed by atoms with Gasteiger partial charge in [-0.25, -0.2) is 4.79 Å². The molecule has 5 fully saturated rings. The Morgan fingerprint density at radius 1 is 1.14 bits per heavy atom. The monoisotopic (exact) mass is 481 g/mol. The lowest BCUT2D eigenvalue weighted by Crippen LogP contribution is -2.77. The van der Waals surface area contributed by atoms with Crippen LogP contribution in [0.15, 0.2) is 35.4 Å². The Hall–Kier alpha value is -2.13. The normalized spacial score (nSPS) is 51.9. The Morgan fingerprint density at radius 2 is 1.94 bits per heavy atom. The highest BCUT2D eigenvalue weighted by Gasteiger charge is 3.04. The first kappa shape index (κ1) is 21.0. The Bertz CT molecular complexity index is 1230. The molecule has 1 aromatic rings. The van der Waals surface area contributed by atoms with E-state index in [4.69, 9.17) is 18.9 Å². The number of aromatic hydroxyl groups is 1. The number of hydrogen-bond donors (Lipinski definition) is 3. The zero-order valence-electron chi connectivity index (χ0n) is 20.2. The average molecular weight is 482 g/mol. The minimum absolute atomic E-state index is 0.0390. The van der Waals surface area contributed by atoms with Crippen LogP contribution >= 0.6 is 0 Å². The molecular formula is C27H31NO7. The summed E-state index contributed by atoms with van der Waals surface area (Å²) in [7, 11) is 0. The van der Waals surface area contributed by atoms with E-state index in [0.717, 1.165) is 24.0 Å². The molecule has 0 radical (unpaired) electrons. The molecule has 4 aliphatic heterocycles. The zero-order chi connectivity index (χ0) is 24.2. The van der Waals surface area contributed by atoms with Crippen LogP contribution in [0.1, 0.15) is 40.0 Å². The van der Waals surface area contributed by atoms with Gasteiger partial charge in [-0.05, 0) is 48.8 Å². The third kappa shape index (κ3) is 1.95. The summed E-state index contributed by atoms with van der Waals surface area (Å²) in [6.45, 7) is 6.95. The van der Waals surface area contributed by atoms with E-state index in [2.05, 4.69) is 26.1 Å². The van der Waals surface area contributed by atoms with E-state index in [1.54, 1.807) is 18.2 Å². The van der Waals surface area contributed by atoms with Gasteiger partial charge in [-0.15, -0.1) is 0 Å². The number of phenolic OH excluding ortho intramolecular Hbond substituents is 1. The molecule has 3 saturated heterocycles. The van der Waals surface area contributed by atoms with E-state index in [9.17, 15) is 15.0 Å². The van der Waals surface area contributed by atoms with Crippen LogP contribution in [0.4, 0.5) is 5.69 Å². The molecule has 0 unspecified atom stereocenters. The van der Waals surface area contributed by atoms with Crippen LogP contribution in [0.25, 0.3) is 0 Å². The topological polar surface area (TPSA) is 116 Å². The maximum absolute atomic E-state index is 12.8. The number of cyclic esters (lactones) is 1. The molecule has 7 aliphatic rings. The number of aliphatic hydroxyl groups is 1. The molecule has 2 saturated carbocycles. The fourth-order valence-electron chi connectivity index (χ4n) is 9.20. The van der Waals surface area contributed by atoms with E-state index < -0.39 is 22.4 Å². The van der Waals surface area contributed by atoms with Crippen LogP contribution in [-0.2, 0) is 23.7 Å². The summed E-state index contributed by atoms with van der Waals surface area (Å²) >= 11 is 0. The lowest BCUT2D eigenvalue weighted by molar-refractivity contribution is -0.159. The quantitative estimate of drug-likeness (QED) is 0.341. The van der Waals surface area contributed by atoms with Crippen LogP contribution in [0.5, 0.6) is 5.75 Å². The first-order valence-corrected chi connectivity index (χ1v) is 12.8. The zero-order valence-corrected chi connectivity index (χ0v) is 20.2. The van der Waals surface area contributed by atoms with Crippen molar-refractivity contribution in [3.05, 3.63) is 35.4 Å². The van der Waals surface area contributed by atoms with Gasteiger partial charge in [0.25, 0.3) is 0 Å². The van der Waals surface area contributed by atoms with Gasteiger partial charge in [0.2, 0.25) is 0 Å². The predicted octanol–water partition coefficient (Wildman–Crippen LogP) is 2.29. The molecule has 8 nitrogen and oxygen atoms in total. The van der Waals surface area contributed by atoms with Gasteiger partial charge in [0.1, 0.15) is 41.4 Å². The maximum atomic E-state index is 12.8. The average Bonchev–Trinajstić information content (AvgIpc) is 3.72. The lowest BCUT2D eigenvalue weighted by Gasteiger charge is -2.56. The first-order chi connectivity index (χ1) is 16.7. The highest BCUT2D eigenvalue weighted by atomic mass is 16.7. The summed E-state index contributed by atoms with van der Waals surface area (Å²) in [6, 6.07) is 7.05. The smallest absolute Gasteiger partial charge is 0.334 e. The number of nitrogens with one attached hydrogen (secondary N) is 1. The van der Waals surface area contributed by atoms with Gasteiger partial charge in [0, 0.05) is 17.5 Å². The van der Waals surface area contributed by atoms with Gasteiger partial charge in [-0.3, -0.25) is 0 Å². The van der Waals surface area contributed by atoms with Crippen molar-refractivity contribution >= 4 is 11.7 Å². The number of fused-ring (bicyclic) bond motifs is 4. The van der Waals surface area contributed by atoms with E-state index in [-0.39, 0.29) is 53.8 Å². The molecule has 186 valence electrons. The summed E-state index contributed by atoms with van der Waals surface area (Å²) in [5, 5.41) is 26.5. The summed E-state index contributed by atoms with van der Waals surface area (Å²) in [5.41, 5.74) is -1.58. The second kappa shape index (κ2) is 5.88. The molecule has 8 rings (SSSR count). The van der Waals surface area contributed by atoms with E-state index >= 15 is 0 Å². The molecule has 1 aromatic carbocycles. The van der Waals surface area contributed by atoms with Gasteiger partial charge in [-0.2, -0.15) is 0 Å². The molecule has 0 aromatic heterocycles. The Kier molecular flexibility index (Phi) is 3.53. The third-order valence-corrected chi connectivity index (χ3v) is 10.8. The predicted molar refractivity (Wildman–Crippen MR) is 123 cm³/mol. The molecule has 35 heavy (non-hydrogen) atoms. The number of rotatable bonds is 4. The lowest BCUT2D eigenvalue weighted by atomic mass is 9.44. The Morgan fingerprint density at radius 3 is 2.71 bits per heavy atom. The maximum Gasteiger partial charge on any atom is 0.334 e. The van der Waals surface area contributed by atoms with Gasteiger partial charge in [0.15, 0.2) is 5.60 Å². The van der Waals surface area contributed by atoms with E-state index in [1.165, 1.54) is 0 Å². The number of epoxide rings is 3. The van der Waals surface area contributed by atoms with Crippen molar-refractivity contribution < 1.29 is 34.0 Å².